The van der Waals surface area contributed by atoms with Crippen LogP contribution < -0.4 is 11.1 Å². The largest absolute Gasteiger partial charge is 0.384 e. The van der Waals surface area contributed by atoms with Crippen LogP contribution in [0.4, 0.5) is 17.3 Å². The Balaban J connectivity index is 1.57. The number of ketones is 1. The van der Waals surface area contributed by atoms with E-state index in [0.29, 0.717) is 23.0 Å². The topological polar surface area (TPSA) is 112 Å². The fourth-order valence-electron chi connectivity index (χ4n) is 3.59. The van der Waals surface area contributed by atoms with Gasteiger partial charge in [-0.15, -0.1) is 11.3 Å². The van der Waals surface area contributed by atoms with Gasteiger partial charge in [0.2, 0.25) is 0 Å². The van der Waals surface area contributed by atoms with E-state index in [2.05, 4.69) is 46.1 Å². The molecular weight excluding hydrogens is 434 g/mol. The van der Waals surface area contributed by atoms with E-state index in [4.69, 9.17) is 5.73 Å². The zero-order valence-electron chi connectivity index (χ0n) is 19.4. The number of nitrogens with zero attached hydrogens (tertiary/aromatic N) is 5. The molecule has 0 bridgehead atoms. The van der Waals surface area contributed by atoms with Crippen LogP contribution >= 0.6 is 11.3 Å². The minimum absolute atomic E-state index is 0.0152. The highest BCUT2D eigenvalue weighted by atomic mass is 32.1. The number of hydrogen-bond donors (Lipinski definition) is 2. The molecule has 0 fully saturated rings. The molecule has 0 spiro atoms. The summed E-state index contributed by atoms with van der Waals surface area (Å²) in [6.07, 6.45) is 3.34. The maximum Gasteiger partial charge on any atom is 0.169 e. The average molecular weight is 462 g/mol. The van der Waals surface area contributed by atoms with Crippen molar-refractivity contribution in [3.8, 4) is 5.82 Å². The molecule has 33 heavy (non-hydrogen) atoms. The number of thiazole rings is 1. The average Bonchev–Trinajstić information content (AvgIpc) is 3.35. The summed E-state index contributed by atoms with van der Waals surface area (Å²) in [5.41, 5.74) is 9.25. The molecule has 0 aliphatic rings. The number of anilines is 3. The first-order valence-corrected chi connectivity index (χ1v) is 11.4. The van der Waals surface area contributed by atoms with Gasteiger partial charge < -0.3 is 11.1 Å². The van der Waals surface area contributed by atoms with Gasteiger partial charge in [-0.2, -0.15) is 9.78 Å². The second kappa shape index (κ2) is 8.74. The van der Waals surface area contributed by atoms with Crippen molar-refractivity contribution in [1.29, 1.82) is 0 Å². The van der Waals surface area contributed by atoms with Crippen LogP contribution in [0.5, 0.6) is 0 Å². The summed E-state index contributed by atoms with van der Waals surface area (Å²) in [5, 5.41) is 8.54. The molecule has 0 amide bonds. The first-order chi connectivity index (χ1) is 15.6. The second-order valence-corrected chi connectivity index (χ2v) is 10.0. The van der Waals surface area contributed by atoms with Crippen molar-refractivity contribution in [3.05, 3.63) is 69.6 Å². The van der Waals surface area contributed by atoms with Gasteiger partial charge >= 0.3 is 0 Å². The standard InChI is InChI=1S/C24H27N7OS/c1-14-6-7-16(18(32)11-22-29-15(2)23(33-22)24(3,4)5)10-17(14)30-20-8-9-28-31(20)21-12-19(25)26-13-27-21/h6-10,12-13,30H,11H2,1-5H3,(H2,25,26,27). The van der Waals surface area contributed by atoms with E-state index in [-0.39, 0.29) is 17.6 Å². The highest BCUT2D eigenvalue weighted by Crippen LogP contribution is 2.32. The number of Topliss-reactive ketones (excluding diaryl/α,β-unsaturated/α-hetero) is 1. The molecule has 0 aliphatic carbocycles. The molecule has 170 valence electrons. The van der Waals surface area contributed by atoms with Crippen molar-refractivity contribution in [1.82, 2.24) is 24.7 Å². The molecule has 4 aromatic rings. The van der Waals surface area contributed by atoms with Crippen molar-refractivity contribution in [2.75, 3.05) is 11.1 Å². The molecule has 9 heteroatoms. The first-order valence-electron chi connectivity index (χ1n) is 10.6. The van der Waals surface area contributed by atoms with Gasteiger partial charge in [-0.05, 0) is 30.9 Å². The van der Waals surface area contributed by atoms with Crippen LogP contribution in [0, 0.1) is 13.8 Å². The van der Waals surface area contributed by atoms with E-state index in [9.17, 15) is 4.79 Å². The van der Waals surface area contributed by atoms with Gasteiger partial charge in [0, 0.05) is 28.3 Å². The maximum absolute atomic E-state index is 13.1. The summed E-state index contributed by atoms with van der Waals surface area (Å²) in [5.74, 6) is 1.64. The van der Waals surface area contributed by atoms with Crippen molar-refractivity contribution >= 4 is 34.4 Å². The lowest BCUT2D eigenvalue weighted by atomic mass is 9.93. The van der Waals surface area contributed by atoms with Crippen LogP contribution in [-0.4, -0.2) is 30.5 Å². The number of rotatable bonds is 6. The number of carbonyl (C=O) groups excluding carboxylic acids is 1. The third-order valence-corrected chi connectivity index (χ3v) is 6.77. The Kier molecular flexibility index (Phi) is 5.99. The Labute approximate surface area is 196 Å². The Morgan fingerprint density at radius 3 is 2.64 bits per heavy atom. The van der Waals surface area contributed by atoms with Crippen molar-refractivity contribution < 1.29 is 4.79 Å². The van der Waals surface area contributed by atoms with Gasteiger partial charge in [-0.3, -0.25) is 4.79 Å². The van der Waals surface area contributed by atoms with Gasteiger partial charge in [-0.1, -0.05) is 32.9 Å². The number of aryl methyl sites for hydroxylation is 2. The summed E-state index contributed by atoms with van der Waals surface area (Å²) < 4.78 is 1.64. The third kappa shape index (κ3) is 4.93. The Morgan fingerprint density at radius 2 is 1.94 bits per heavy atom. The number of nitrogens with one attached hydrogen (secondary N) is 1. The van der Waals surface area contributed by atoms with Gasteiger partial charge in [0.05, 0.1) is 18.3 Å². The lowest BCUT2D eigenvalue weighted by Gasteiger charge is -2.16. The molecule has 1 aromatic carbocycles. The lowest BCUT2D eigenvalue weighted by Crippen LogP contribution is -2.10. The molecule has 0 unspecified atom stereocenters. The molecule has 8 nitrogen and oxygen atoms in total. The molecule has 0 radical (unpaired) electrons. The van der Waals surface area contributed by atoms with Crippen LogP contribution in [0.15, 0.2) is 42.9 Å². The highest BCUT2D eigenvalue weighted by molar-refractivity contribution is 7.12. The number of benzene rings is 1. The summed E-state index contributed by atoms with van der Waals surface area (Å²) in [4.78, 5) is 27.1. The number of carbonyl (C=O) groups is 1. The van der Waals surface area contributed by atoms with Gasteiger partial charge in [-0.25, -0.2) is 15.0 Å². The summed E-state index contributed by atoms with van der Waals surface area (Å²) in [6.45, 7) is 10.5. The quantitative estimate of drug-likeness (QED) is 0.397. The van der Waals surface area contributed by atoms with Crippen molar-refractivity contribution in [2.24, 2.45) is 0 Å². The number of nitrogens with two attached hydrogens (primary N) is 1. The normalized spacial score (nSPS) is 11.5. The van der Waals surface area contributed by atoms with Crippen molar-refractivity contribution in [3.63, 3.8) is 0 Å². The van der Waals surface area contributed by atoms with Crippen molar-refractivity contribution in [2.45, 2.75) is 46.5 Å². The molecule has 3 heterocycles. The lowest BCUT2D eigenvalue weighted by molar-refractivity contribution is 0.0993. The zero-order valence-corrected chi connectivity index (χ0v) is 20.2. The van der Waals surface area contributed by atoms with Gasteiger partial charge in [0.25, 0.3) is 0 Å². The third-order valence-electron chi connectivity index (χ3n) is 5.19. The van der Waals surface area contributed by atoms with Gasteiger partial charge in [0.15, 0.2) is 11.6 Å². The minimum atomic E-state index is 0.0152. The van der Waals surface area contributed by atoms with E-state index in [1.807, 2.05) is 38.1 Å². The zero-order chi connectivity index (χ0) is 23.8. The van der Waals surface area contributed by atoms with Crippen LogP contribution in [0.1, 0.15) is 52.3 Å². The molecule has 0 atom stereocenters. The highest BCUT2D eigenvalue weighted by Gasteiger charge is 2.22. The fraction of sp³-hybridized carbons (Fsp3) is 0.292. The van der Waals surface area contributed by atoms with E-state index >= 15 is 0 Å². The van der Waals surface area contributed by atoms with Crippen LogP contribution in [0.3, 0.4) is 0 Å². The molecule has 0 saturated heterocycles. The maximum atomic E-state index is 13.1. The summed E-state index contributed by atoms with van der Waals surface area (Å²) in [7, 11) is 0. The van der Waals surface area contributed by atoms with Gasteiger partial charge in [0.1, 0.15) is 23.0 Å². The monoisotopic (exact) mass is 461 g/mol. The molecule has 3 aromatic heterocycles. The van der Waals surface area contributed by atoms with Crippen LogP contribution in [0.2, 0.25) is 0 Å². The predicted molar refractivity (Wildman–Crippen MR) is 132 cm³/mol. The molecular formula is C24H27N7OS. The Hall–Kier alpha value is -3.59. The number of hydrogen-bond acceptors (Lipinski definition) is 8. The van der Waals surface area contributed by atoms with E-state index in [1.54, 1.807) is 28.3 Å². The first kappa shape index (κ1) is 22.6. The fourth-order valence-corrected chi connectivity index (χ4v) is 4.71. The summed E-state index contributed by atoms with van der Waals surface area (Å²) >= 11 is 1.62. The molecule has 0 saturated carbocycles. The predicted octanol–water partition coefficient (Wildman–Crippen LogP) is 4.78. The number of aromatic nitrogens is 5. The second-order valence-electron chi connectivity index (χ2n) is 8.96. The SMILES string of the molecule is Cc1ccc(C(=O)Cc2nc(C)c(C(C)(C)C)s2)cc1Nc1ccnn1-c1cc(N)ncn1. The molecule has 3 N–H and O–H groups in total. The van der Waals surface area contributed by atoms with E-state index in [1.165, 1.54) is 11.2 Å². The molecule has 0 aliphatic heterocycles. The minimum Gasteiger partial charge on any atom is -0.384 e. The van der Waals surface area contributed by atoms with E-state index < -0.39 is 0 Å². The summed E-state index contributed by atoms with van der Waals surface area (Å²) in [6, 6.07) is 9.14. The van der Waals surface area contributed by atoms with Crippen LogP contribution in [0.25, 0.3) is 5.82 Å². The van der Waals surface area contributed by atoms with E-state index in [0.717, 1.165) is 22.0 Å². The number of nitrogen functional groups attached to an aromatic ring is 1. The Morgan fingerprint density at radius 1 is 1.15 bits per heavy atom. The molecule has 4 rings (SSSR count). The smallest absolute Gasteiger partial charge is 0.169 e. The van der Waals surface area contributed by atoms with Crippen LogP contribution in [-0.2, 0) is 11.8 Å². The Bertz CT molecular complexity index is 1320.